The highest BCUT2D eigenvalue weighted by molar-refractivity contribution is 7.86. The summed E-state index contributed by atoms with van der Waals surface area (Å²) in [4.78, 5) is 11.7. The third kappa shape index (κ3) is 3.39. The van der Waals surface area contributed by atoms with Crippen molar-refractivity contribution in [2.24, 2.45) is 11.5 Å². The number of primary amides is 1. The van der Waals surface area contributed by atoms with E-state index in [1.54, 1.807) is 8.61 Å². The molecular weight excluding hydrogens is 392 g/mol. The first kappa shape index (κ1) is 19.5. The molecule has 5 rings (SSSR count). The fourth-order valence-electron chi connectivity index (χ4n) is 5.43. The largest absolute Gasteiger partial charge is 0.364 e. The van der Waals surface area contributed by atoms with Crippen LogP contribution in [0.2, 0.25) is 0 Å². The minimum Gasteiger partial charge on any atom is -0.364 e. The molecule has 0 radical (unpaired) electrons. The van der Waals surface area contributed by atoms with Gasteiger partial charge in [-0.2, -0.15) is 22.1 Å². The number of amides is 1. The van der Waals surface area contributed by atoms with E-state index in [-0.39, 0.29) is 24.2 Å². The van der Waals surface area contributed by atoms with Crippen molar-refractivity contribution in [1.29, 1.82) is 0 Å². The van der Waals surface area contributed by atoms with Crippen molar-refractivity contribution in [3.63, 3.8) is 0 Å². The molecule has 0 spiro atoms. The first-order valence-corrected chi connectivity index (χ1v) is 12.2. The summed E-state index contributed by atoms with van der Waals surface area (Å²) in [6, 6.07) is 2.05. The van der Waals surface area contributed by atoms with E-state index >= 15 is 0 Å². The Balaban J connectivity index is 1.38. The van der Waals surface area contributed by atoms with Gasteiger partial charge in [-0.3, -0.25) is 9.48 Å². The summed E-state index contributed by atoms with van der Waals surface area (Å²) < 4.78 is 32.1. The maximum Gasteiger partial charge on any atom is 0.282 e. The van der Waals surface area contributed by atoms with E-state index in [9.17, 15) is 13.2 Å². The lowest BCUT2D eigenvalue weighted by Gasteiger charge is -2.42. The monoisotopic (exact) mass is 422 g/mol. The molecule has 10 heteroatoms. The topological polar surface area (TPSA) is 128 Å². The average molecular weight is 423 g/mol. The second-order valence-electron chi connectivity index (χ2n) is 9.12. The summed E-state index contributed by atoms with van der Waals surface area (Å²) >= 11 is 0. The fraction of sp³-hybridized carbons (Fsp3) is 0.789. The lowest BCUT2D eigenvalue weighted by molar-refractivity contribution is 0.0993. The number of aromatic nitrogens is 2. The van der Waals surface area contributed by atoms with Crippen molar-refractivity contribution in [3.05, 3.63) is 17.5 Å². The van der Waals surface area contributed by atoms with E-state index in [4.69, 9.17) is 11.5 Å². The van der Waals surface area contributed by atoms with Crippen LogP contribution in [0.3, 0.4) is 0 Å². The fourth-order valence-corrected chi connectivity index (χ4v) is 7.50. The van der Waals surface area contributed by atoms with Gasteiger partial charge in [-0.1, -0.05) is 0 Å². The Morgan fingerprint density at radius 1 is 1.00 bits per heavy atom. The van der Waals surface area contributed by atoms with Crippen LogP contribution >= 0.6 is 0 Å². The zero-order valence-electron chi connectivity index (χ0n) is 16.6. The van der Waals surface area contributed by atoms with Crippen LogP contribution in [0.15, 0.2) is 6.07 Å². The van der Waals surface area contributed by atoms with Crippen LogP contribution in [0, 0.1) is 0 Å². The van der Waals surface area contributed by atoms with E-state index in [2.05, 4.69) is 5.10 Å². The van der Waals surface area contributed by atoms with Gasteiger partial charge in [-0.25, -0.2) is 0 Å². The lowest BCUT2D eigenvalue weighted by Crippen LogP contribution is -2.55. The molecule has 2 bridgehead atoms. The molecule has 0 aromatic carbocycles. The van der Waals surface area contributed by atoms with E-state index in [1.165, 1.54) is 0 Å². The number of piperidine rings is 2. The van der Waals surface area contributed by atoms with Crippen LogP contribution < -0.4 is 11.5 Å². The Bertz CT molecular complexity index is 889. The Hall–Kier alpha value is -1.49. The van der Waals surface area contributed by atoms with Crippen molar-refractivity contribution < 1.29 is 13.2 Å². The molecule has 4 aliphatic rings. The number of hydrogen-bond acceptors (Lipinski definition) is 5. The second-order valence-corrected chi connectivity index (χ2v) is 11.0. The van der Waals surface area contributed by atoms with Crippen LogP contribution in [0.4, 0.5) is 0 Å². The zero-order chi connectivity index (χ0) is 20.3. The second kappa shape index (κ2) is 7.04. The van der Waals surface area contributed by atoms with E-state index < -0.39 is 16.1 Å². The molecule has 9 nitrogen and oxygen atoms in total. The van der Waals surface area contributed by atoms with E-state index in [0.29, 0.717) is 24.7 Å². The molecule has 29 heavy (non-hydrogen) atoms. The van der Waals surface area contributed by atoms with Crippen LogP contribution in [0.25, 0.3) is 0 Å². The highest BCUT2D eigenvalue weighted by Gasteiger charge is 2.50. The van der Waals surface area contributed by atoms with Crippen molar-refractivity contribution in [2.75, 3.05) is 13.1 Å². The van der Waals surface area contributed by atoms with Crippen LogP contribution in [-0.4, -0.2) is 63.9 Å². The number of carbonyl (C=O) groups is 1. The van der Waals surface area contributed by atoms with Gasteiger partial charge in [-0.15, -0.1) is 0 Å². The van der Waals surface area contributed by atoms with Gasteiger partial charge >= 0.3 is 0 Å². The Kier molecular flexibility index (Phi) is 4.73. The van der Waals surface area contributed by atoms with Gasteiger partial charge in [0.1, 0.15) is 5.69 Å². The number of carbonyl (C=O) groups excluding carboxylic acids is 1. The number of rotatable bonds is 5. The Morgan fingerprint density at radius 3 is 2.17 bits per heavy atom. The summed E-state index contributed by atoms with van der Waals surface area (Å²) in [6.45, 7) is 1.02. The standard InChI is InChI=1S/C19H30N6O3S/c20-13-5-7-23(8-6-13)29(27,28)25-14-3-4-15(25)10-16(9-14)24-18(12-1-2-12)11-17(22-24)19(21)26/h11-16H,1-10,20H2,(H2,21,26). The molecule has 4 heterocycles. The average Bonchev–Trinajstić information content (AvgIpc) is 3.36. The third-order valence-corrected chi connectivity index (χ3v) is 9.24. The summed E-state index contributed by atoms with van der Waals surface area (Å²) in [5.41, 5.74) is 12.8. The molecule has 160 valence electrons. The van der Waals surface area contributed by atoms with Crippen LogP contribution in [-0.2, 0) is 10.2 Å². The molecule has 1 amide bonds. The first-order chi connectivity index (χ1) is 13.8. The Morgan fingerprint density at radius 2 is 1.62 bits per heavy atom. The molecule has 1 aromatic rings. The van der Waals surface area contributed by atoms with Gasteiger partial charge in [0.05, 0.1) is 6.04 Å². The lowest BCUT2D eigenvalue weighted by atomic mass is 9.99. The normalized spacial score (nSPS) is 32.0. The molecule has 4 N–H and O–H groups in total. The smallest absolute Gasteiger partial charge is 0.282 e. The summed E-state index contributed by atoms with van der Waals surface area (Å²) in [6.07, 6.45) is 6.92. The minimum atomic E-state index is -3.47. The van der Waals surface area contributed by atoms with Crippen LogP contribution in [0.1, 0.15) is 79.5 Å². The minimum absolute atomic E-state index is 0.00682. The molecule has 3 aliphatic heterocycles. The molecule has 3 saturated heterocycles. The Labute approximate surface area is 171 Å². The van der Waals surface area contributed by atoms with Crippen LogP contribution in [0.5, 0.6) is 0 Å². The maximum absolute atomic E-state index is 13.4. The highest BCUT2D eigenvalue weighted by Crippen LogP contribution is 2.46. The highest BCUT2D eigenvalue weighted by atomic mass is 32.2. The van der Waals surface area contributed by atoms with Gasteiger partial charge < -0.3 is 11.5 Å². The van der Waals surface area contributed by atoms with Crippen molar-refractivity contribution in [2.45, 2.75) is 81.5 Å². The number of nitrogens with zero attached hydrogens (tertiary/aromatic N) is 4. The number of fused-ring (bicyclic) bond motifs is 2. The van der Waals surface area contributed by atoms with Crippen molar-refractivity contribution in [3.8, 4) is 0 Å². The van der Waals surface area contributed by atoms with Crippen molar-refractivity contribution in [1.82, 2.24) is 18.4 Å². The molecular formula is C19H30N6O3S. The SMILES string of the molecule is NC(=O)c1cc(C2CC2)n(C2CC3CCC(C2)N3S(=O)(=O)N2CCC(N)CC2)n1. The molecule has 2 unspecified atom stereocenters. The maximum atomic E-state index is 13.4. The van der Waals surface area contributed by atoms with Gasteiger partial charge in [0.25, 0.3) is 16.1 Å². The van der Waals surface area contributed by atoms with Gasteiger partial charge in [-0.05, 0) is 57.4 Å². The predicted molar refractivity (Wildman–Crippen MR) is 107 cm³/mol. The van der Waals surface area contributed by atoms with E-state index in [0.717, 1.165) is 57.1 Å². The molecule has 1 aromatic heterocycles. The third-order valence-electron chi connectivity index (χ3n) is 7.09. The zero-order valence-corrected chi connectivity index (χ0v) is 17.4. The van der Waals surface area contributed by atoms with Gasteiger partial charge in [0, 0.05) is 42.8 Å². The summed E-state index contributed by atoms with van der Waals surface area (Å²) in [5, 5.41) is 4.53. The number of nitrogens with two attached hydrogens (primary N) is 2. The van der Waals surface area contributed by atoms with Gasteiger partial charge in [0.2, 0.25) is 0 Å². The first-order valence-electron chi connectivity index (χ1n) is 10.8. The summed E-state index contributed by atoms with van der Waals surface area (Å²) in [5.74, 6) is -0.0514. The van der Waals surface area contributed by atoms with Gasteiger partial charge in [0.15, 0.2) is 0 Å². The van der Waals surface area contributed by atoms with Crippen molar-refractivity contribution >= 4 is 16.1 Å². The quantitative estimate of drug-likeness (QED) is 0.722. The van der Waals surface area contributed by atoms with E-state index in [1.807, 2.05) is 10.7 Å². The molecule has 1 saturated carbocycles. The molecule has 2 atom stereocenters. The molecule has 4 fully saturated rings. The summed E-state index contributed by atoms with van der Waals surface area (Å²) in [7, 11) is -3.47. The number of hydrogen-bond donors (Lipinski definition) is 2. The molecule has 1 aliphatic carbocycles. The predicted octanol–water partition coefficient (Wildman–Crippen LogP) is 0.695.